The van der Waals surface area contributed by atoms with Crippen LogP contribution in [0, 0.1) is 0 Å². The summed E-state index contributed by atoms with van der Waals surface area (Å²) < 4.78 is 2.10. The molecule has 1 atom stereocenters. The summed E-state index contributed by atoms with van der Waals surface area (Å²) in [4.78, 5) is 0. The van der Waals surface area contributed by atoms with Crippen molar-refractivity contribution in [1.82, 2.24) is 0 Å². The Hall–Kier alpha value is -0.0969. The quantitative estimate of drug-likeness (QED) is 0.678. The summed E-state index contributed by atoms with van der Waals surface area (Å²) in [5.41, 5.74) is 4.58. The SMILES string of the molecule is CC1=Cc2ccccc2[C]1(C)[Zr][C]1=CC=CC1.Cl.Cl. The minimum atomic E-state index is -0.574. The molecule has 0 saturated heterocycles. The zero-order valence-corrected chi connectivity index (χ0v) is 15.2. The van der Waals surface area contributed by atoms with Crippen LogP contribution in [-0.4, -0.2) is 0 Å². The van der Waals surface area contributed by atoms with Crippen LogP contribution in [0.25, 0.3) is 6.08 Å². The van der Waals surface area contributed by atoms with E-state index in [0.717, 1.165) is 0 Å². The molecule has 0 N–H and O–H groups in total. The van der Waals surface area contributed by atoms with Crippen molar-refractivity contribution in [2.24, 2.45) is 0 Å². The van der Waals surface area contributed by atoms with Crippen LogP contribution in [0.2, 0.25) is 0 Å². The van der Waals surface area contributed by atoms with Crippen LogP contribution in [0.4, 0.5) is 0 Å². The molecule has 0 nitrogen and oxygen atoms in total. The summed E-state index contributed by atoms with van der Waals surface area (Å²) in [6, 6.07) is 8.91. The molecule has 0 aromatic heterocycles. The summed E-state index contributed by atoms with van der Waals surface area (Å²) in [5.74, 6) is 0. The minimum Gasteiger partial charge on any atom is -0.147 e. The third-order valence-corrected chi connectivity index (χ3v) is 8.40. The van der Waals surface area contributed by atoms with Crippen molar-refractivity contribution in [2.75, 3.05) is 0 Å². The Morgan fingerprint density at radius 1 is 1.16 bits per heavy atom. The van der Waals surface area contributed by atoms with Gasteiger partial charge in [0.25, 0.3) is 0 Å². The zero-order valence-electron chi connectivity index (χ0n) is 11.1. The third-order valence-electron chi connectivity index (χ3n) is 3.84. The Morgan fingerprint density at radius 3 is 2.58 bits per heavy atom. The number of rotatable bonds is 2. The monoisotopic (exact) mass is 370 g/mol. The van der Waals surface area contributed by atoms with Gasteiger partial charge in [0.15, 0.2) is 0 Å². The second-order valence-corrected chi connectivity index (χ2v) is 9.64. The molecule has 0 saturated carbocycles. The van der Waals surface area contributed by atoms with Crippen molar-refractivity contribution in [3.8, 4) is 0 Å². The second-order valence-electron chi connectivity index (χ2n) is 4.99. The first-order chi connectivity index (χ1) is 8.20. The van der Waals surface area contributed by atoms with Crippen LogP contribution >= 0.6 is 24.8 Å². The van der Waals surface area contributed by atoms with Crippen LogP contribution in [-0.2, 0) is 26.4 Å². The molecule has 19 heavy (non-hydrogen) atoms. The first-order valence-corrected chi connectivity index (χ1v) is 8.58. The normalized spacial score (nSPS) is 22.8. The van der Waals surface area contributed by atoms with Gasteiger partial charge >= 0.3 is 115 Å². The molecule has 100 valence electrons. The van der Waals surface area contributed by atoms with Crippen molar-refractivity contribution in [2.45, 2.75) is 23.4 Å². The van der Waals surface area contributed by atoms with Gasteiger partial charge in [-0.25, -0.2) is 0 Å². The van der Waals surface area contributed by atoms with Crippen molar-refractivity contribution >= 4 is 30.9 Å². The molecule has 1 aromatic rings. The topological polar surface area (TPSA) is 0 Å². The third kappa shape index (κ3) is 2.99. The summed E-state index contributed by atoms with van der Waals surface area (Å²) in [7, 11) is 0. The minimum absolute atomic E-state index is 0. The van der Waals surface area contributed by atoms with E-state index in [2.05, 4.69) is 62.4 Å². The van der Waals surface area contributed by atoms with Gasteiger partial charge in [0, 0.05) is 0 Å². The molecule has 0 radical (unpaired) electrons. The van der Waals surface area contributed by atoms with Crippen LogP contribution in [0.3, 0.4) is 0 Å². The van der Waals surface area contributed by atoms with E-state index in [1.807, 2.05) is 0 Å². The van der Waals surface area contributed by atoms with Gasteiger partial charge in [-0.15, -0.1) is 24.8 Å². The Labute approximate surface area is 139 Å². The van der Waals surface area contributed by atoms with Gasteiger partial charge in [-0.2, -0.15) is 0 Å². The number of fused-ring (bicyclic) bond motifs is 1. The molecule has 2 aliphatic rings. The Bertz CT molecular complexity index is 558. The van der Waals surface area contributed by atoms with E-state index < -0.39 is 23.2 Å². The summed E-state index contributed by atoms with van der Waals surface area (Å²) in [6.07, 6.45) is 10.5. The van der Waals surface area contributed by atoms with Crippen molar-refractivity contribution in [3.63, 3.8) is 0 Å². The summed E-state index contributed by atoms with van der Waals surface area (Å²) in [5, 5.41) is 0. The molecule has 0 fully saturated rings. The van der Waals surface area contributed by atoms with Crippen LogP contribution < -0.4 is 0 Å². The van der Waals surface area contributed by atoms with Crippen molar-refractivity contribution < 1.29 is 23.2 Å². The second kappa shape index (κ2) is 6.57. The van der Waals surface area contributed by atoms with E-state index >= 15 is 0 Å². The number of hydrogen-bond donors (Lipinski definition) is 0. The molecule has 3 rings (SSSR count). The fraction of sp³-hybridized carbons (Fsp3) is 0.250. The fourth-order valence-corrected chi connectivity index (χ4v) is 6.81. The van der Waals surface area contributed by atoms with Gasteiger partial charge in [-0.3, -0.25) is 0 Å². The first kappa shape index (κ1) is 17.0. The predicted octanol–water partition coefficient (Wildman–Crippen LogP) is 5.09. The molecular formula is C16H18Cl2Zr. The van der Waals surface area contributed by atoms with Gasteiger partial charge < -0.3 is 0 Å². The van der Waals surface area contributed by atoms with Gasteiger partial charge in [-0.1, -0.05) is 0 Å². The maximum absolute atomic E-state index is 2.45. The average molecular weight is 372 g/mol. The van der Waals surface area contributed by atoms with E-state index in [-0.39, 0.29) is 24.8 Å². The number of halogens is 2. The standard InChI is InChI=1S/C11H11.C5H5.2ClH.Zr/c1-8-7-10-5-3-4-6-11(10)9(8)2;1-2-4-5-3-1;;;/h3-7H,1-2H3;1-3H,4H2;2*1H;. The van der Waals surface area contributed by atoms with Gasteiger partial charge in [0.2, 0.25) is 0 Å². The van der Waals surface area contributed by atoms with Gasteiger partial charge in [0.1, 0.15) is 0 Å². The van der Waals surface area contributed by atoms with Crippen molar-refractivity contribution in [3.05, 3.63) is 62.5 Å². The summed E-state index contributed by atoms with van der Waals surface area (Å²) >= 11 is -0.574. The first-order valence-electron chi connectivity index (χ1n) is 6.12. The summed E-state index contributed by atoms with van der Waals surface area (Å²) in [6.45, 7) is 4.76. The smallest absolute Gasteiger partial charge is 0.147 e. The molecule has 1 aromatic carbocycles. The van der Waals surface area contributed by atoms with E-state index in [1.54, 1.807) is 14.4 Å². The molecule has 0 heterocycles. The Morgan fingerprint density at radius 2 is 1.89 bits per heavy atom. The molecular weight excluding hydrogens is 354 g/mol. The molecule has 2 aliphatic carbocycles. The van der Waals surface area contributed by atoms with Crippen LogP contribution in [0.5, 0.6) is 0 Å². The molecule has 0 aliphatic heterocycles. The predicted molar refractivity (Wildman–Crippen MR) is 83.8 cm³/mol. The Balaban J connectivity index is 0.000000902. The van der Waals surface area contributed by atoms with E-state index in [9.17, 15) is 0 Å². The largest absolute Gasteiger partial charge is 0.147 e. The van der Waals surface area contributed by atoms with Crippen molar-refractivity contribution in [1.29, 1.82) is 0 Å². The van der Waals surface area contributed by atoms with Gasteiger partial charge in [-0.05, 0) is 0 Å². The van der Waals surface area contributed by atoms with Crippen LogP contribution in [0.15, 0.2) is 51.3 Å². The van der Waals surface area contributed by atoms with E-state index in [0.29, 0.717) is 3.12 Å². The molecule has 3 heteroatoms. The molecule has 0 amide bonds. The van der Waals surface area contributed by atoms with E-state index in [1.165, 1.54) is 12.0 Å². The van der Waals surface area contributed by atoms with E-state index in [4.69, 9.17) is 0 Å². The fourth-order valence-electron chi connectivity index (χ4n) is 2.70. The maximum Gasteiger partial charge on any atom is -0.147 e. The number of allylic oxidation sites excluding steroid dienone is 5. The van der Waals surface area contributed by atoms with Crippen LogP contribution in [0.1, 0.15) is 31.4 Å². The Kier molecular flexibility index (Phi) is 5.86. The van der Waals surface area contributed by atoms with Gasteiger partial charge in [0.05, 0.1) is 0 Å². The maximum atomic E-state index is 2.45. The average Bonchev–Trinajstić information content (AvgIpc) is 2.89. The molecule has 0 bridgehead atoms. The number of hydrogen-bond acceptors (Lipinski definition) is 0. The zero-order chi connectivity index (χ0) is 11.9. The molecule has 0 spiro atoms. The molecule has 1 unspecified atom stereocenters. The number of benzene rings is 1.